The first-order valence-corrected chi connectivity index (χ1v) is 6.71. The van der Waals surface area contributed by atoms with Gasteiger partial charge in [0.25, 0.3) is 5.91 Å². The Kier molecular flexibility index (Phi) is 4.04. The summed E-state index contributed by atoms with van der Waals surface area (Å²) in [6, 6.07) is 5.10. The number of carbonyl (C=O) groups is 1. The van der Waals surface area contributed by atoms with Gasteiger partial charge < -0.3 is 0 Å². The molecule has 2 rings (SSSR count). The van der Waals surface area contributed by atoms with E-state index in [1.807, 2.05) is 0 Å². The Bertz CT molecular complexity index is 503. The van der Waals surface area contributed by atoms with Crippen molar-refractivity contribution in [1.82, 2.24) is 5.01 Å². The summed E-state index contributed by atoms with van der Waals surface area (Å²) < 4.78 is 0.464. The van der Waals surface area contributed by atoms with Crippen LogP contribution in [0.4, 0.5) is 0 Å². The molecule has 1 saturated heterocycles. The summed E-state index contributed by atoms with van der Waals surface area (Å²) in [5.74, 6) is 0.230. The summed E-state index contributed by atoms with van der Waals surface area (Å²) in [7, 11) is 0. The lowest BCUT2D eigenvalue weighted by Crippen LogP contribution is -2.22. The number of halogens is 2. The third-order valence-electron chi connectivity index (χ3n) is 1.99. The molecule has 1 fully saturated rings. The minimum absolute atomic E-state index is 0.115. The molecule has 17 heavy (non-hydrogen) atoms. The number of hydrogen-bond acceptors (Lipinski definition) is 4. The van der Waals surface area contributed by atoms with Crippen LogP contribution in [-0.4, -0.2) is 27.2 Å². The maximum Gasteiger partial charge on any atom is 0.259 e. The Balaban J connectivity index is 2.17. The molecule has 0 saturated carbocycles. The smallest absolute Gasteiger partial charge is 0.259 e. The summed E-state index contributed by atoms with van der Waals surface area (Å²) >= 11 is 17.9. The van der Waals surface area contributed by atoms with Crippen molar-refractivity contribution >= 4 is 63.6 Å². The highest BCUT2D eigenvalue weighted by Gasteiger charge is 2.25. The minimum atomic E-state index is -0.115. The van der Waals surface area contributed by atoms with Gasteiger partial charge in [-0.3, -0.25) is 4.79 Å². The molecule has 0 aliphatic carbocycles. The summed E-state index contributed by atoms with van der Waals surface area (Å²) in [5.41, 5.74) is 0.756. The lowest BCUT2D eigenvalue weighted by atomic mass is 10.2. The van der Waals surface area contributed by atoms with Gasteiger partial charge in [-0.05, 0) is 17.7 Å². The Morgan fingerprint density at radius 2 is 2.18 bits per heavy atom. The molecule has 1 heterocycles. The highest BCUT2D eigenvalue weighted by molar-refractivity contribution is 8.23. The first kappa shape index (κ1) is 12.8. The van der Waals surface area contributed by atoms with Crippen LogP contribution in [0.1, 0.15) is 5.56 Å². The van der Waals surface area contributed by atoms with Crippen LogP contribution in [0.25, 0.3) is 0 Å². The third kappa shape index (κ3) is 2.98. The lowest BCUT2D eigenvalue weighted by molar-refractivity contribution is -0.123. The van der Waals surface area contributed by atoms with Gasteiger partial charge in [-0.1, -0.05) is 53.2 Å². The van der Waals surface area contributed by atoms with Crippen LogP contribution in [0.5, 0.6) is 0 Å². The first-order valence-electron chi connectivity index (χ1n) is 4.56. The van der Waals surface area contributed by atoms with Crippen LogP contribution in [0.2, 0.25) is 10.0 Å². The van der Waals surface area contributed by atoms with Crippen molar-refractivity contribution < 1.29 is 4.79 Å². The molecule has 0 spiro atoms. The third-order valence-corrected chi connectivity index (χ3v) is 4.07. The van der Waals surface area contributed by atoms with E-state index >= 15 is 0 Å². The molecule has 1 aromatic carbocycles. The van der Waals surface area contributed by atoms with Crippen molar-refractivity contribution in [3.63, 3.8) is 0 Å². The van der Waals surface area contributed by atoms with Crippen molar-refractivity contribution in [3.05, 3.63) is 33.8 Å². The monoisotopic (exact) mass is 304 g/mol. The number of hydrogen-bond donors (Lipinski definition) is 0. The van der Waals surface area contributed by atoms with E-state index in [1.54, 1.807) is 18.2 Å². The van der Waals surface area contributed by atoms with E-state index in [-0.39, 0.29) is 5.91 Å². The molecule has 3 nitrogen and oxygen atoms in total. The van der Waals surface area contributed by atoms with Gasteiger partial charge in [0.2, 0.25) is 0 Å². The van der Waals surface area contributed by atoms with E-state index in [9.17, 15) is 4.79 Å². The molecule has 1 aliphatic rings. The normalized spacial score (nSPS) is 16.2. The first-order chi connectivity index (χ1) is 8.08. The molecule has 0 unspecified atom stereocenters. The number of benzene rings is 1. The van der Waals surface area contributed by atoms with Crippen LogP contribution < -0.4 is 0 Å². The van der Waals surface area contributed by atoms with E-state index in [2.05, 4.69) is 5.10 Å². The molecule has 1 amide bonds. The Labute approximate surface area is 118 Å². The van der Waals surface area contributed by atoms with Gasteiger partial charge in [0.05, 0.1) is 22.0 Å². The number of amides is 1. The summed E-state index contributed by atoms with van der Waals surface area (Å²) in [6.07, 6.45) is 1.53. The predicted molar refractivity (Wildman–Crippen MR) is 76.0 cm³/mol. The molecular weight excluding hydrogens is 299 g/mol. The average molecular weight is 305 g/mol. The minimum Gasteiger partial charge on any atom is -0.272 e. The largest absolute Gasteiger partial charge is 0.272 e. The topological polar surface area (TPSA) is 32.7 Å². The molecule has 7 heteroatoms. The quantitative estimate of drug-likeness (QED) is 0.621. The van der Waals surface area contributed by atoms with Gasteiger partial charge in [0, 0.05) is 0 Å². The summed E-state index contributed by atoms with van der Waals surface area (Å²) in [5, 5.41) is 6.16. The molecule has 0 aromatic heterocycles. The molecule has 0 N–H and O–H groups in total. The van der Waals surface area contributed by atoms with Crippen LogP contribution in [0.15, 0.2) is 23.3 Å². The number of thiocarbonyl (C=S) groups is 1. The maximum atomic E-state index is 11.4. The molecule has 88 valence electrons. The fourth-order valence-corrected chi connectivity index (χ4v) is 2.45. The van der Waals surface area contributed by atoms with Gasteiger partial charge in [0.15, 0.2) is 4.32 Å². The van der Waals surface area contributed by atoms with Crippen LogP contribution in [0, 0.1) is 0 Å². The summed E-state index contributed by atoms with van der Waals surface area (Å²) in [6.45, 7) is 0. The Morgan fingerprint density at radius 3 is 2.76 bits per heavy atom. The highest BCUT2D eigenvalue weighted by Crippen LogP contribution is 2.22. The van der Waals surface area contributed by atoms with Crippen LogP contribution in [-0.2, 0) is 4.79 Å². The van der Waals surface area contributed by atoms with E-state index in [4.69, 9.17) is 35.4 Å². The zero-order chi connectivity index (χ0) is 12.4. The predicted octanol–water partition coefficient (Wildman–Crippen LogP) is 3.19. The van der Waals surface area contributed by atoms with Crippen LogP contribution >= 0.6 is 47.2 Å². The van der Waals surface area contributed by atoms with E-state index in [0.717, 1.165) is 5.56 Å². The number of rotatable bonds is 2. The van der Waals surface area contributed by atoms with E-state index in [1.165, 1.54) is 23.0 Å². The lowest BCUT2D eigenvalue weighted by Gasteiger charge is -2.06. The second-order valence-corrected chi connectivity index (χ2v) is 5.60. The Morgan fingerprint density at radius 1 is 1.41 bits per heavy atom. The zero-order valence-electron chi connectivity index (χ0n) is 8.39. The van der Waals surface area contributed by atoms with Gasteiger partial charge in [-0.25, -0.2) is 0 Å². The maximum absolute atomic E-state index is 11.4. The fourth-order valence-electron chi connectivity index (χ4n) is 1.18. The van der Waals surface area contributed by atoms with Crippen molar-refractivity contribution in [2.45, 2.75) is 0 Å². The molecule has 1 aromatic rings. The number of thioether (sulfide) groups is 1. The van der Waals surface area contributed by atoms with E-state index < -0.39 is 0 Å². The van der Waals surface area contributed by atoms with Crippen molar-refractivity contribution in [1.29, 1.82) is 0 Å². The molecule has 0 atom stereocenters. The summed E-state index contributed by atoms with van der Waals surface area (Å²) in [4.78, 5) is 11.4. The van der Waals surface area contributed by atoms with Crippen molar-refractivity contribution in [2.24, 2.45) is 5.10 Å². The van der Waals surface area contributed by atoms with Gasteiger partial charge in [0.1, 0.15) is 0 Å². The van der Waals surface area contributed by atoms with Gasteiger partial charge in [-0.15, -0.1) is 0 Å². The second-order valence-electron chi connectivity index (χ2n) is 3.18. The SMILES string of the molecule is O=C1CSC(=S)N1/N=C\c1ccc(Cl)c(Cl)c1. The van der Waals surface area contributed by atoms with Crippen LogP contribution in [0.3, 0.4) is 0 Å². The zero-order valence-corrected chi connectivity index (χ0v) is 11.5. The Hall–Kier alpha value is -0.620. The molecule has 1 aliphatic heterocycles. The molecule has 0 radical (unpaired) electrons. The van der Waals surface area contributed by atoms with Crippen molar-refractivity contribution in [2.75, 3.05) is 5.75 Å². The van der Waals surface area contributed by atoms with Crippen molar-refractivity contribution in [3.8, 4) is 0 Å². The van der Waals surface area contributed by atoms with Gasteiger partial charge >= 0.3 is 0 Å². The highest BCUT2D eigenvalue weighted by atomic mass is 35.5. The molecule has 0 bridgehead atoms. The number of hydrazone groups is 1. The fraction of sp³-hybridized carbons (Fsp3) is 0.100. The second kappa shape index (κ2) is 5.35. The number of nitrogens with zero attached hydrogens (tertiary/aromatic N) is 2. The van der Waals surface area contributed by atoms with E-state index in [0.29, 0.717) is 20.1 Å². The average Bonchev–Trinajstić information content (AvgIpc) is 2.61. The van der Waals surface area contributed by atoms with Gasteiger partial charge in [-0.2, -0.15) is 10.1 Å². The number of carbonyl (C=O) groups excluding carboxylic acids is 1. The standard InChI is InChI=1S/C10H6Cl2N2OS2/c11-7-2-1-6(3-8(7)12)4-13-14-9(15)5-17-10(14)16/h1-4H,5H2/b13-4-. The molecular formula is C10H6Cl2N2OS2.